The third-order valence-electron chi connectivity index (χ3n) is 7.07. The summed E-state index contributed by atoms with van der Waals surface area (Å²) in [6, 6.07) is 31.6. The van der Waals surface area contributed by atoms with E-state index in [-0.39, 0.29) is 6.04 Å². The van der Waals surface area contributed by atoms with Crippen molar-refractivity contribution in [3.05, 3.63) is 108 Å². The highest BCUT2D eigenvalue weighted by Gasteiger charge is 2.50. The molecular formula is C27H29NO. The van der Waals surface area contributed by atoms with Gasteiger partial charge in [-0.25, -0.2) is 0 Å². The van der Waals surface area contributed by atoms with Crippen LogP contribution in [0, 0.1) is 5.92 Å². The normalized spacial score (nSPS) is 23.1. The Bertz CT molecular complexity index is 885. The second-order valence-corrected chi connectivity index (χ2v) is 8.60. The van der Waals surface area contributed by atoms with Gasteiger partial charge in [0.25, 0.3) is 0 Å². The number of aliphatic hydroxyl groups is 1. The summed E-state index contributed by atoms with van der Waals surface area (Å²) < 4.78 is 0. The van der Waals surface area contributed by atoms with Crippen molar-refractivity contribution in [1.29, 1.82) is 0 Å². The molecule has 3 aromatic rings. The third kappa shape index (κ3) is 3.21. The van der Waals surface area contributed by atoms with Crippen molar-refractivity contribution in [2.75, 3.05) is 6.54 Å². The lowest BCUT2D eigenvalue weighted by molar-refractivity contribution is -0.0300. The van der Waals surface area contributed by atoms with Crippen LogP contribution >= 0.6 is 0 Å². The van der Waals surface area contributed by atoms with Crippen LogP contribution in [0.2, 0.25) is 0 Å². The molecule has 5 rings (SSSR count). The first-order chi connectivity index (χ1) is 14.3. The van der Waals surface area contributed by atoms with Gasteiger partial charge in [-0.2, -0.15) is 0 Å². The molecule has 1 heterocycles. The van der Waals surface area contributed by atoms with Crippen molar-refractivity contribution >= 4 is 0 Å². The fourth-order valence-corrected chi connectivity index (χ4v) is 5.77. The van der Waals surface area contributed by atoms with Gasteiger partial charge in [-0.1, -0.05) is 97.4 Å². The molecule has 3 aromatic carbocycles. The summed E-state index contributed by atoms with van der Waals surface area (Å²) in [5, 5.41) is 12.6. The van der Waals surface area contributed by atoms with Crippen LogP contribution in [0.5, 0.6) is 0 Å². The average Bonchev–Trinajstić information content (AvgIpc) is 3.41. The van der Waals surface area contributed by atoms with Crippen molar-refractivity contribution in [3.63, 3.8) is 0 Å². The lowest BCUT2D eigenvalue weighted by atomic mass is 9.76. The molecule has 1 saturated heterocycles. The van der Waals surface area contributed by atoms with E-state index in [0.29, 0.717) is 6.04 Å². The van der Waals surface area contributed by atoms with Gasteiger partial charge in [0.2, 0.25) is 0 Å². The SMILES string of the molecule is OC(c1ccccc1)(c1ccccc1)[C@H](c1ccccc1)N1CC[C@H]2CCC[C@H]21. The molecule has 2 heteroatoms. The summed E-state index contributed by atoms with van der Waals surface area (Å²) >= 11 is 0. The third-order valence-corrected chi connectivity index (χ3v) is 7.07. The second-order valence-electron chi connectivity index (χ2n) is 8.60. The molecule has 1 aliphatic heterocycles. The molecule has 1 aliphatic carbocycles. The highest BCUT2D eigenvalue weighted by Crippen LogP contribution is 2.50. The van der Waals surface area contributed by atoms with Gasteiger partial charge in [-0.3, -0.25) is 4.90 Å². The van der Waals surface area contributed by atoms with Gasteiger partial charge < -0.3 is 5.11 Å². The molecule has 0 radical (unpaired) electrons. The van der Waals surface area contributed by atoms with Crippen molar-refractivity contribution < 1.29 is 5.11 Å². The van der Waals surface area contributed by atoms with Crippen LogP contribution in [0.3, 0.4) is 0 Å². The van der Waals surface area contributed by atoms with Crippen LogP contribution in [0.15, 0.2) is 91.0 Å². The number of benzene rings is 3. The maximum absolute atomic E-state index is 12.6. The predicted octanol–water partition coefficient (Wildman–Crippen LogP) is 5.54. The number of hydrogen-bond donors (Lipinski definition) is 1. The monoisotopic (exact) mass is 383 g/mol. The van der Waals surface area contributed by atoms with E-state index in [9.17, 15) is 5.11 Å². The Hall–Kier alpha value is -2.42. The molecule has 148 valence electrons. The minimum atomic E-state index is -1.11. The Morgan fingerprint density at radius 1 is 0.724 bits per heavy atom. The number of hydrogen-bond acceptors (Lipinski definition) is 2. The van der Waals surface area contributed by atoms with E-state index >= 15 is 0 Å². The molecule has 2 fully saturated rings. The van der Waals surface area contributed by atoms with Gasteiger partial charge in [-0.15, -0.1) is 0 Å². The van der Waals surface area contributed by atoms with E-state index < -0.39 is 5.60 Å². The first-order valence-electron chi connectivity index (χ1n) is 10.9. The van der Waals surface area contributed by atoms with Crippen LogP contribution in [-0.2, 0) is 5.60 Å². The molecule has 1 N–H and O–H groups in total. The van der Waals surface area contributed by atoms with E-state index in [0.717, 1.165) is 23.6 Å². The van der Waals surface area contributed by atoms with Gasteiger partial charge in [0.15, 0.2) is 0 Å². The molecule has 1 saturated carbocycles. The Balaban J connectivity index is 1.71. The molecule has 0 unspecified atom stereocenters. The second kappa shape index (κ2) is 7.78. The van der Waals surface area contributed by atoms with Gasteiger partial charge in [0, 0.05) is 6.04 Å². The largest absolute Gasteiger partial charge is 0.378 e. The molecule has 0 aromatic heterocycles. The number of likely N-dealkylation sites (tertiary alicyclic amines) is 1. The smallest absolute Gasteiger partial charge is 0.134 e. The minimum Gasteiger partial charge on any atom is -0.378 e. The molecule has 2 nitrogen and oxygen atoms in total. The van der Waals surface area contributed by atoms with Crippen LogP contribution in [0.25, 0.3) is 0 Å². The highest BCUT2D eigenvalue weighted by molar-refractivity contribution is 5.42. The van der Waals surface area contributed by atoms with E-state index in [1.165, 1.54) is 31.2 Å². The maximum Gasteiger partial charge on any atom is 0.134 e. The zero-order valence-corrected chi connectivity index (χ0v) is 16.8. The molecule has 0 amide bonds. The summed E-state index contributed by atoms with van der Waals surface area (Å²) in [6.07, 6.45) is 5.13. The highest BCUT2D eigenvalue weighted by atomic mass is 16.3. The summed E-state index contributed by atoms with van der Waals surface area (Å²) in [6.45, 7) is 1.05. The first-order valence-corrected chi connectivity index (χ1v) is 10.9. The van der Waals surface area contributed by atoms with Crippen molar-refractivity contribution in [2.45, 2.75) is 43.4 Å². The summed E-state index contributed by atoms with van der Waals surface area (Å²) in [5.41, 5.74) is 2.00. The Morgan fingerprint density at radius 2 is 1.28 bits per heavy atom. The van der Waals surface area contributed by atoms with Crippen LogP contribution in [0.1, 0.15) is 48.4 Å². The number of nitrogens with zero attached hydrogens (tertiary/aromatic N) is 1. The topological polar surface area (TPSA) is 23.5 Å². The van der Waals surface area contributed by atoms with Crippen molar-refractivity contribution in [2.24, 2.45) is 5.92 Å². The lowest BCUT2D eigenvalue weighted by Crippen LogP contribution is -2.47. The summed E-state index contributed by atoms with van der Waals surface area (Å²) in [7, 11) is 0. The van der Waals surface area contributed by atoms with Gasteiger partial charge in [0.1, 0.15) is 5.60 Å². The Morgan fingerprint density at radius 3 is 1.86 bits per heavy atom. The Labute approximate surface area is 173 Å². The zero-order chi connectivity index (χ0) is 19.7. The molecular weight excluding hydrogens is 354 g/mol. The van der Waals surface area contributed by atoms with Gasteiger partial charge >= 0.3 is 0 Å². The molecule has 0 bridgehead atoms. The minimum absolute atomic E-state index is 0.110. The van der Waals surface area contributed by atoms with Crippen molar-refractivity contribution in [3.8, 4) is 0 Å². The van der Waals surface area contributed by atoms with Gasteiger partial charge in [-0.05, 0) is 48.4 Å². The fraction of sp³-hybridized carbons (Fsp3) is 0.333. The Kier molecular flexibility index (Phi) is 4.99. The molecule has 2 aliphatic rings. The predicted molar refractivity (Wildman–Crippen MR) is 118 cm³/mol. The van der Waals surface area contributed by atoms with Gasteiger partial charge in [0.05, 0.1) is 6.04 Å². The fourth-order valence-electron chi connectivity index (χ4n) is 5.77. The maximum atomic E-state index is 12.6. The number of fused-ring (bicyclic) bond motifs is 1. The zero-order valence-electron chi connectivity index (χ0n) is 16.8. The quantitative estimate of drug-likeness (QED) is 0.625. The van der Waals surface area contributed by atoms with Crippen LogP contribution in [0.4, 0.5) is 0 Å². The lowest BCUT2D eigenvalue weighted by Gasteiger charge is -2.45. The van der Waals surface area contributed by atoms with Crippen molar-refractivity contribution in [1.82, 2.24) is 4.90 Å². The van der Waals surface area contributed by atoms with E-state index in [4.69, 9.17) is 0 Å². The van der Waals surface area contributed by atoms with Crippen LogP contribution in [-0.4, -0.2) is 22.6 Å². The first kappa shape index (κ1) is 18.6. The average molecular weight is 384 g/mol. The van der Waals surface area contributed by atoms with E-state index in [2.05, 4.69) is 59.5 Å². The summed E-state index contributed by atoms with van der Waals surface area (Å²) in [4.78, 5) is 2.62. The number of rotatable bonds is 5. The molecule has 29 heavy (non-hydrogen) atoms. The van der Waals surface area contributed by atoms with E-state index in [1.54, 1.807) is 0 Å². The van der Waals surface area contributed by atoms with E-state index in [1.807, 2.05) is 36.4 Å². The van der Waals surface area contributed by atoms with Crippen LogP contribution < -0.4 is 0 Å². The molecule has 0 spiro atoms. The summed E-state index contributed by atoms with van der Waals surface area (Å²) in [5.74, 6) is 0.775. The molecule has 3 atom stereocenters. The standard InChI is InChI=1S/C27H29NO/c29-27(23-14-6-2-7-15-23,24-16-8-3-9-17-24)26(22-11-4-1-5-12-22)28-20-19-21-13-10-18-25(21)28/h1-9,11-12,14-17,21,25-26,29H,10,13,18-20H2/t21-,25-,26+/m1/s1.